The quantitative estimate of drug-likeness (QED) is 0.570. The number of benzene rings is 2. The Hall–Kier alpha value is -2.99. The van der Waals surface area contributed by atoms with Gasteiger partial charge in [0.1, 0.15) is 0 Å². The molecule has 0 unspecified atom stereocenters. The SMILES string of the molecule is Cc1ccc(C)c(-c2nn(CN3CCN(C(=O)CC4CCCC4)CC3)c(=O)c3ccccc23)c1. The molecule has 0 N–H and O–H groups in total. The fraction of sp³-hybridized carbons (Fsp3) is 0.464. The summed E-state index contributed by atoms with van der Waals surface area (Å²) >= 11 is 0. The zero-order valence-electron chi connectivity index (χ0n) is 20.3. The predicted molar refractivity (Wildman–Crippen MR) is 136 cm³/mol. The Balaban J connectivity index is 1.36. The minimum Gasteiger partial charge on any atom is -0.340 e. The average molecular weight is 459 g/mol. The summed E-state index contributed by atoms with van der Waals surface area (Å²) in [4.78, 5) is 30.3. The second-order valence-corrected chi connectivity index (χ2v) is 10.0. The van der Waals surface area contributed by atoms with E-state index in [9.17, 15) is 9.59 Å². The maximum Gasteiger partial charge on any atom is 0.275 e. The Morgan fingerprint density at radius 3 is 2.41 bits per heavy atom. The number of fused-ring (bicyclic) bond motifs is 1. The van der Waals surface area contributed by atoms with Gasteiger partial charge in [-0.25, -0.2) is 4.68 Å². The summed E-state index contributed by atoms with van der Waals surface area (Å²) in [6.45, 7) is 7.56. The monoisotopic (exact) mass is 458 g/mol. The predicted octanol–water partition coefficient (Wildman–Crippen LogP) is 4.36. The molecule has 1 amide bonds. The van der Waals surface area contributed by atoms with Crippen molar-refractivity contribution in [1.82, 2.24) is 19.6 Å². The third-order valence-electron chi connectivity index (χ3n) is 7.51. The van der Waals surface area contributed by atoms with E-state index in [0.717, 1.165) is 48.4 Å². The molecule has 3 aromatic rings. The molecule has 1 aliphatic heterocycles. The first-order valence-corrected chi connectivity index (χ1v) is 12.6. The van der Waals surface area contributed by atoms with Crippen LogP contribution in [-0.2, 0) is 11.5 Å². The topological polar surface area (TPSA) is 58.4 Å². The summed E-state index contributed by atoms with van der Waals surface area (Å²) in [7, 11) is 0. The molecular formula is C28H34N4O2. The fourth-order valence-corrected chi connectivity index (χ4v) is 5.44. The van der Waals surface area contributed by atoms with Crippen molar-refractivity contribution in [2.45, 2.75) is 52.6 Å². The van der Waals surface area contributed by atoms with Crippen LogP contribution < -0.4 is 5.56 Å². The van der Waals surface area contributed by atoms with E-state index < -0.39 is 0 Å². The molecule has 6 heteroatoms. The molecule has 34 heavy (non-hydrogen) atoms. The minimum atomic E-state index is -0.0654. The van der Waals surface area contributed by atoms with Gasteiger partial charge in [0.05, 0.1) is 17.7 Å². The highest BCUT2D eigenvalue weighted by molar-refractivity contribution is 5.94. The van der Waals surface area contributed by atoms with E-state index in [1.807, 2.05) is 29.2 Å². The highest BCUT2D eigenvalue weighted by Gasteiger charge is 2.25. The molecule has 6 nitrogen and oxygen atoms in total. The summed E-state index contributed by atoms with van der Waals surface area (Å²) in [5, 5.41) is 6.45. The van der Waals surface area contributed by atoms with Gasteiger partial charge in [-0.3, -0.25) is 14.5 Å². The van der Waals surface area contributed by atoms with Crippen LogP contribution in [0.5, 0.6) is 0 Å². The minimum absolute atomic E-state index is 0.0654. The van der Waals surface area contributed by atoms with Crippen LogP contribution in [0.3, 0.4) is 0 Å². The van der Waals surface area contributed by atoms with Crippen molar-refractivity contribution in [3.8, 4) is 11.3 Å². The van der Waals surface area contributed by atoms with Crippen molar-refractivity contribution in [1.29, 1.82) is 0 Å². The van der Waals surface area contributed by atoms with Crippen LogP contribution in [0.4, 0.5) is 0 Å². The Labute approximate surface area is 201 Å². The second-order valence-electron chi connectivity index (χ2n) is 10.0. The van der Waals surface area contributed by atoms with Crippen LogP contribution in [0, 0.1) is 19.8 Å². The summed E-state index contributed by atoms with van der Waals surface area (Å²) < 4.78 is 1.61. The highest BCUT2D eigenvalue weighted by atomic mass is 16.2. The number of aromatic nitrogens is 2. The third kappa shape index (κ3) is 4.64. The standard InChI is InChI=1S/C28H34N4O2/c1-20-11-12-21(2)25(17-20)27-23-9-5-6-10-24(23)28(34)32(29-27)19-30-13-15-31(16-14-30)26(33)18-22-7-3-4-8-22/h5-6,9-12,17,22H,3-4,7-8,13-16,18-19H2,1-2H3. The molecule has 1 aromatic heterocycles. The van der Waals surface area contributed by atoms with Crippen molar-refractivity contribution in [3.05, 3.63) is 63.9 Å². The van der Waals surface area contributed by atoms with Crippen molar-refractivity contribution in [3.63, 3.8) is 0 Å². The lowest BCUT2D eigenvalue weighted by Gasteiger charge is -2.35. The lowest BCUT2D eigenvalue weighted by atomic mass is 9.99. The molecule has 1 aliphatic carbocycles. The number of aryl methyl sites for hydroxylation is 2. The van der Waals surface area contributed by atoms with Crippen LogP contribution in [0.25, 0.3) is 22.0 Å². The smallest absolute Gasteiger partial charge is 0.275 e. The number of carbonyl (C=O) groups is 1. The van der Waals surface area contributed by atoms with Gasteiger partial charge in [0.2, 0.25) is 5.91 Å². The largest absolute Gasteiger partial charge is 0.340 e. The summed E-state index contributed by atoms with van der Waals surface area (Å²) in [5.74, 6) is 0.874. The van der Waals surface area contributed by atoms with Gasteiger partial charge >= 0.3 is 0 Å². The van der Waals surface area contributed by atoms with Gasteiger partial charge < -0.3 is 4.90 Å². The number of nitrogens with zero attached hydrogens (tertiary/aromatic N) is 4. The molecule has 0 atom stereocenters. The summed E-state index contributed by atoms with van der Waals surface area (Å²) in [5.41, 5.74) is 4.16. The summed E-state index contributed by atoms with van der Waals surface area (Å²) in [6.07, 6.45) is 5.63. The molecule has 2 aromatic carbocycles. The molecule has 0 spiro atoms. The highest BCUT2D eigenvalue weighted by Crippen LogP contribution is 2.29. The number of rotatable bonds is 5. The Bertz CT molecular complexity index is 1250. The number of piperazine rings is 1. The van der Waals surface area contributed by atoms with Gasteiger partial charge in [0.25, 0.3) is 5.56 Å². The van der Waals surface area contributed by atoms with Crippen molar-refractivity contribution in [2.24, 2.45) is 5.92 Å². The normalized spacial score (nSPS) is 17.5. The number of amides is 1. The van der Waals surface area contributed by atoms with Gasteiger partial charge in [0, 0.05) is 43.5 Å². The van der Waals surface area contributed by atoms with Gasteiger partial charge in [0.15, 0.2) is 0 Å². The zero-order chi connectivity index (χ0) is 23.7. The first kappa shape index (κ1) is 22.8. The molecule has 1 saturated carbocycles. The Morgan fingerprint density at radius 2 is 1.68 bits per heavy atom. The second kappa shape index (κ2) is 9.71. The molecule has 1 saturated heterocycles. The Morgan fingerprint density at radius 1 is 0.971 bits per heavy atom. The van der Waals surface area contributed by atoms with Crippen LogP contribution in [0.2, 0.25) is 0 Å². The molecule has 0 bridgehead atoms. The fourth-order valence-electron chi connectivity index (χ4n) is 5.44. The molecular weight excluding hydrogens is 424 g/mol. The number of carbonyl (C=O) groups excluding carboxylic acids is 1. The van der Waals surface area contributed by atoms with Crippen molar-refractivity contribution < 1.29 is 4.79 Å². The molecule has 2 aliphatic rings. The van der Waals surface area contributed by atoms with Crippen LogP contribution in [0.15, 0.2) is 47.3 Å². The molecule has 2 heterocycles. The average Bonchev–Trinajstić information content (AvgIpc) is 3.36. The number of hydrogen-bond donors (Lipinski definition) is 0. The van der Waals surface area contributed by atoms with Crippen LogP contribution in [0.1, 0.15) is 43.2 Å². The summed E-state index contributed by atoms with van der Waals surface area (Å²) in [6, 6.07) is 14.1. The van der Waals surface area contributed by atoms with E-state index in [4.69, 9.17) is 5.10 Å². The van der Waals surface area contributed by atoms with Crippen molar-refractivity contribution >= 4 is 16.7 Å². The molecule has 5 rings (SSSR count). The lowest BCUT2D eigenvalue weighted by molar-refractivity contribution is -0.134. The van der Waals surface area contributed by atoms with Gasteiger partial charge in [-0.15, -0.1) is 0 Å². The van der Waals surface area contributed by atoms with Gasteiger partial charge in [-0.2, -0.15) is 5.10 Å². The zero-order valence-corrected chi connectivity index (χ0v) is 20.3. The van der Waals surface area contributed by atoms with E-state index in [1.165, 1.54) is 31.2 Å². The molecule has 2 fully saturated rings. The maximum absolute atomic E-state index is 13.3. The van der Waals surface area contributed by atoms with E-state index in [2.05, 4.69) is 36.9 Å². The van der Waals surface area contributed by atoms with Crippen LogP contribution in [-0.4, -0.2) is 51.7 Å². The molecule has 0 radical (unpaired) electrons. The van der Waals surface area contributed by atoms with E-state index in [0.29, 0.717) is 30.3 Å². The number of hydrogen-bond acceptors (Lipinski definition) is 4. The van der Waals surface area contributed by atoms with Crippen molar-refractivity contribution in [2.75, 3.05) is 26.2 Å². The van der Waals surface area contributed by atoms with E-state index >= 15 is 0 Å². The third-order valence-corrected chi connectivity index (χ3v) is 7.51. The van der Waals surface area contributed by atoms with Crippen LogP contribution >= 0.6 is 0 Å². The first-order valence-electron chi connectivity index (χ1n) is 12.6. The van der Waals surface area contributed by atoms with Gasteiger partial charge in [-0.05, 0) is 50.3 Å². The molecule has 178 valence electrons. The maximum atomic E-state index is 13.3. The van der Waals surface area contributed by atoms with E-state index in [-0.39, 0.29) is 5.56 Å². The Kier molecular flexibility index (Phi) is 6.50. The van der Waals surface area contributed by atoms with Gasteiger partial charge in [-0.1, -0.05) is 48.7 Å². The lowest BCUT2D eigenvalue weighted by Crippen LogP contribution is -2.50. The first-order chi connectivity index (χ1) is 16.5. The van der Waals surface area contributed by atoms with E-state index in [1.54, 1.807) is 4.68 Å².